The molecule has 1 heterocycles. The predicted molar refractivity (Wildman–Crippen MR) is 46.1 cm³/mol. The van der Waals surface area contributed by atoms with Crippen LogP contribution >= 0.6 is 0 Å². The maximum atomic E-state index is 11.3. The van der Waals surface area contributed by atoms with Gasteiger partial charge < -0.3 is 4.90 Å². The molecule has 1 aromatic heterocycles. The van der Waals surface area contributed by atoms with E-state index >= 15 is 0 Å². The van der Waals surface area contributed by atoms with Gasteiger partial charge in [-0.05, 0) is 19.3 Å². The standard InChI is InChI=1S/C7H13N5O/c1-11(2)5-6(13)4-7-8-10-12(3)9-7/h4-5H2,1-3H3. The molecule has 13 heavy (non-hydrogen) atoms. The summed E-state index contributed by atoms with van der Waals surface area (Å²) >= 11 is 0. The first-order valence-electron chi connectivity index (χ1n) is 3.97. The number of hydrogen-bond donors (Lipinski definition) is 0. The van der Waals surface area contributed by atoms with Gasteiger partial charge in [-0.3, -0.25) is 4.79 Å². The van der Waals surface area contributed by atoms with Crippen molar-refractivity contribution in [2.24, 2.45) is 7.05 Å². The number of aryl methyl sites for hydroxylation is 1. The van der Waals surface area contributed by atoms with Gasteiger partial charge in [-0.15, -0.1) is 10.2 Å². The fraction of sp³-hybridized carbons (Fsp3) is 0.714. The lowest BCUT2D eigenvalue weighted by molar-refractivity contribution is -0.119. The molecule has 0 atom stereocenters. The molecule has 6 nitrogen and oxygen atoms in total. The summed E-state index contributed by atoms with van der Waals surface area (Å²) in [6.07, 6.45) is 0.256. The van der Waals surface area contributed by atoms with Crippen molar-refractivity contribution in [3.63, 3.8) is 0 Å². The second kappa shape index (κ2) is 4.08. The molecule has 0 aliphatic rings. The maximum absolute atomic E-state index is 11.3. The van der Waals surface area contributed by atoms with Crippen LogP contribution < -0.4 is 0 Å². The van der Waals surface area contributed by atoms with E-state index in [1.54, 1.807) is 7.05 Å². The summed E-state index contributed by atoms with van der Waals surface area (Å²) in [5, 5.41) is 11.3. The van der Waals surface area contributed by atoms with E-state index in [1.165, 1.54) is 4.80 Å². The molecular weight excluding hydrogens is 170 g/mol. The number of carbonyl (C=O) groups excluding carboxylic acids is 1. The van der Waals surface area contributed by atoms with E-state index in [9.17, 15) is 4.79 Å². The Hall–Kier alpha value is -1.30. The average Bonchev–Trinajstić information content (AvgIpc) is 2.33. The summed E-state index contributed by atoms with van der Waals surface area (Å²) in [6.45, 7) is 0.415. The zero-order valence-electron chi connectivity index (χ0n) is 8.06. The Kier molecular flexibility index (Phi) is 3.07. The van der Waals surface area contributed by atoms with Gasteiger partial charge in [0.15, 0.2) is 11.6 Å². The Morgan fingerprint density at radius 2 is 2.23 bits per heavy atom. The van der Waals surface area contributed by atoms with E-state index in [4.69, 9.17) is 0 Å². The van der Waals surface area contributed by atoms with Gasteiger partial charge in [0, 0.05) is 0 Å². The zero-order chi connectivity index (χ0) is 9.84. The van der Waals surface area contributed by atoms with Crippen molar-refractivity contribution in [3.8, 4) is 0 Å². The predicted octanol–water partition coefficient (Wildman–Crippen LogP) is -1.12. The Balaban J connectivity index is 2.45. The van der Waals surface area contributed by atoms with Crippen LogP contribution in [0.15, 0.2) is 0 Å². The molecule has 0 unspecified atom stereocenters. The lowest BCUT2D eigenvalue weighted by atomic mass is 10.2. The van der Waals surface area contributed by atoms with Crippen molar-refractivity contribution in [1.82, 2.24) is 25.1 Å². The summed E-state index contributed by atoms with van der Waals surface area (Å²) in [5.74, 6) is 0.576. The number of carbonyl (C=O) groups is 1. The number of tetrazole rings is 1. The minimum absolute atomic E-state index is 0.0954. The molecule has 0 N–H and O–H groups in total. The number of likely N-dealkylation sites (N-methyl/N-ethyl adjacent to an activating group) is 1. The van der Waals surface area contributed by atoms with Crippen LogP contribution in [-0.4, -0.2) is 51.5 Å². The van der Waals surface area contributed by atoms with E-state index in [1.807, 2.05) is 19.0 Å². The summed E-state index contributed by atoms with van der Waals surface area (Å²) in [7, 11) is 5.37. The Bertz CT molecular complexity index is 293. The monoisotopic (exact) mass is 183 g/mol. The van der Waals surface area contributed by atoms with E-state index in [0.717, 1.165) is 0 Å². The number of hydrogen-bond acceptors (Lipinski definition) is 5. The molecule has 6 heteroatoms. The summed E-state index contributed by atoms with van der Waals surface area (Å²) in [5.41, 5.74) is 0. The number of nitrogens with zero attached hydrogens (tertiary/aromatic N) is 5. The van der Waals surface area contributed by atoms with E-state index in [0.29, 0.717) is 12.4 Å². The minimum Gasteiger partial charge on any atom is -0.302 e. The molecule has 0 amide bonds. The molecule has 1 rings (SSSR count). The normalized spacial score (nSPS) is 10.8. The van der Waals surface area contributed by atoms with Gasteiger partial charge in [-0.25, -0.2) is 0 Å². The molecule has 0 spiro atoms. The van der Waals surface area contributed by atoms with Crippen molar-refractivity contribution in [3.05, 3.63) is 5.82 Å². The largest absolute Gasteiger partial charge is 0.302 e. The highest BCUT2D eigenvalue weighted by atomic mass is 16.1. The fourth-order valence-corrected chi connectivity index (χ4v) is 0.979. The van der Waals surface area contributed by atoms with E-state index in [-0.39, 0.29) is 12.2 Å². The van der Waals surface area contributed by atoms with Crippen molar-refractivity contribution in [1.29, 1.82) is 0 Å². The summed E-state index contributed by atoms with van der Waals surface area (Å²) in [4.78, 5) is 14.4. The van der Waals surface area contributed by atoms with Crippen LogP contribution in [0.1, 0.15) is 5.82 Å². The van der Waals surface area contributed by atoms with Gasteiger partial charge in [0.1, 0.15) is 0 Å². The molecule has 0 aliphatic heterocycles. The highest BCUT2D eigenvalue weighted by Crippen LogP contribution is 1.90. The molecule has 0 saturated carbocycles. The first-order valence-corrected chi connectivity index (χ1v) is 3.97. The Morgan fingerprint density at radius 1 is 1.54 bits per heavy atom. The molecule has 0 saturated heterocycles. The molecule has 0 bridgehead atoms. The summed E-state index contributed by atoms with van der Waals surface area (Å²) in [6, 6.07) is 0. The van der Waals surface area contributed by atoms with Gasteiger partial charge in [0.25, 0.3) is 0 Å². The third-order valence-corrected chi connectivity index (χ3v) is 1.40. The highest BCUT2D eigenvalue weighted by Gasteiger charge is 2.08. The van der Waals surface area contributed by atoms with Crippen molar-refractivity contribution < 1.29 is 4.79 Å². The van der Waals surface area contributed by atoms with Crippen molar-refractivity contribution in [2.75, 3.05) is 20.6 Å². The molecule has 0 fully saturated rings. The lowest BCUT2D eigenvalue weighted by Crippen LogP contribution is -2.23. The SMILES string of the molecule is CN(C)CC(=O)Cc1nnn(C)n1. The number of ketones is 1. The molecule has 0 aromatic carbocycles. The molecule has 0 radical (unpaired) electrons. The van der Waals surface area contributed by atoms with E-state index in [2.05, 4.69) is 15.4 Å². The second-order valence-electron chi connectivity index (χ2n) is 3.15. The van der Waals surface area contributed by atoms with Crippen LogP contribution in [-0.2, 0) is 18.3 Å². The average molecular weight is 183 g/mol. The van der Waals surface area contributed by atoms with E-state index < -0.39 is 0 Å². The van der Waals surface area contributed by atoms with Gasteiger partial charge in [-0.1, -0.05) is 0 Å². The minimum atomic E-state index is 0.0954. The quantitative estimate of drug-likeness (QED) is 0.592. The van der Waals surface area contributed by atoms with Crippen LogP contribution in [0.4, 0.5) is 0 Å². The first-order chi connectivity index (χ1) is 6.08. The third kappa shape index (κ3) is 3.29. The number of aromatic nitrogens is 4. The van der Waals surface area contributed by atoms with Crippen LogP contribution in [0.3, 0.4) is 0 Å². The van der Waals surface area contributed by atoms with Crippen LogP contribution in [0.5, 0.6) is 0 Å². The van der Waals surface area contributed by atoms with Crippen molar-refractivity contribution >= 4 is 5.78 Å². The van der Waals surface area contributed by atoms with Crippen LogP contribution in [0.2, 0.25) is 0 Å². The van der Waals surface area contributed by atoms with Gasteiger partial charge >= 0.3 is 0 Å². The van der Waals surface area contributed by atoms with Gasteiger partial charge in [0.2, 0.25) is 0 Å². The Labute approximate surface area is 76.5 Å². The van der Waals surface area contributed by atoms with Crippen molar-refractivity contribution in [2.45, 2.75) is 6.42 Å². The molecule has 72 valence electrons. The summed E-state index contributed by atoms with van der Waals surface area (Å²) < 4.78 is 0. The van der Waals surface area contributed by atoms with Gasteiger partial charge in [-0.2, -0.15) is 4.80 Å². The van der Waals surface area contributed by atoms with Crippen LogP contribution in [0.25, 0.3) is 0 Å². The first kappa shape index (κ1) is 9.79. The highest BCUT2D eigenvalue weighted by molar-refractivity contribution is 5.81. The molecule has 0 aliphatic carbocycles. The second-order valence-corrected chi connectivity index (χ2v) is 3.15. The zero-order valence-corrected chi connectivity index (χ0v) is 8.06. The Morgan fingerprint density at radius 3 is 2.69 bits per heavy atom. The van der Waals surface area contributed by atoms with Crippen LogP contribution in [0, 0.1) is 0 Å². The molecule has 1 aromatic rings. The number of rotatable bonds is 4. The molecular formula is C7H13N5O. The number of Topliss-reactive ketones (excluding diaryl/α,β-unsaturated/α-hetero) is 1. The maximum Gasteiger partial charge on any atom is 0.182 e. The topological polar surface area (TPSA) is 63.9 Å². The van der Waals surface area contributed by atoms with Gasteiger partial charge in [0.05, 0.1) is 20.0 Å². The smallest absolute Gasteiger partial charge is 0.182 e. The fourth-order valence-electron chi connectivity index (χ4n) is 0.979. The lowest BCUT2D eigenvalue weighted by Gasteiger charge is -2.05. The third-order valence-electron chi connectivity index (χ3n) is 1.40.